The molecule has 3 heteroatoms. The maximum Gasteiger partial charge on any atom is 0.246 e. The molecular weight excluding hydrogens is 214 g/mol. The zero-order valence-electron chi connectivity index (χ0n) is 11.1. The van der Waals surface area contributed by atoms with Gasteiger partial charge in [-0.25, -0.2) is 0 Å². The maximum absolute atomic E-state index is 11.4. The lowest BCUT2D eigenvalue weighted by molar-refractivity contribution is -0.125. The third-order valence-corrected chi connectivity index (χ3v) is 2.74. The van der Waals surface area contributed by atoms with Crippen LogP contribution < -0.4 is 5.32 Å². The summed E-state index contributed by atoms with van der Waals surface area (Å²) in [4.78, 5) is 11.4. The van der Waals surface area contributed by atoms with Gasteiger partial charge in [-0.1, -0.05) is 17.7 Å². The lowest BCUT2D eigenvalue weighted by Gasteiger charge is -2.12. The molecular formula is C14H21NO2. The van der Waals surface area contributed by atoms with Gasteiger partial charge in [-0.3, -0.25) is 4.79 Å². The summed E-state index contributed by atoms with van der Waals surface area (Å²) in [7, 11) is 0. The Bertz CT molecular complexity index is 376. The molecule has 0 aliphatic rings. The van der Waals surface area contributed by atoms with Gasteiger partial charge in [0.1, 0.15) is 6.61 Å². The first kappa shape index (κ1) is 13.7. The van der Waals surface area contributed by atoms with Crippen molar-refractivity contribution in [1.29, 1.82) is 0 Å². The van der Waals surface area contributed by atoms with Gasteiger partial charge in [-0.2, -0.15) is 0 Å². The van der Waals surface area contributed by atoms with Crippen LogP contribution in [0.1, 0.15) is 29.2 Å². The molecule has 1 aromatic carbocycles. The molecule has 0 bridgehead atoms. The van der Waals surface area contributed by atoms with Crippen LogP contribution in [0.5, 0.6) is 0 Å². The van der Waals surface area contributed by atoms with E-state index in [1.54, 1.807) is 0 Å². The topological polar surface area (TPSA) is 38.3 Å². The van der Waals surface area contributed by atoms with Crippen LogP contribution in [-0.2, 0) is 16.1 Å². The van der Waals surface area contributed by atoms with Gasteiger partial charge in [0.15, 0.2) is 0 Å². The molecule has 1 N–H and O–H groups in total. The average Bonchev–Trinajstić information content (AvgIpc) is 2.24. The third-order valence-electron chi connectivity index (χ3n) is 2.74. The average molecular weight is 235 g/mol. The first-order chi connectivity index (χ1) is 8.04. The molecule has 0 aliphatic heterocycles. The molecule has 0 spiro atoms. The zero-order valence-corrected chi connectivity index (χ0v) is 11.1. The fourth-order valence-corrected chi connectivity index (χ4v) is 1.92. The van der Waals surface area contributed by atoms with E-state index >= 15 is 0 Å². The van der Waals surface area contributed by atoms with Crippen molar-refractivity contribution >= 4 is 5.91 Å². The highest BCUT2D eigenvalue weighted by Crippen LogP contribution is 2.15. The fraction of sp³-hybridized carbons (Fsp3) is 0.500. The number of aryl methyl sites for hydroxylation is 3. The van der Waals surface area contributed by atoms with Gasteiger partial charge in [0.05, 0.1) is 0 Å². The molecule has 0 unspecified atom stereocenters. The van der Waals surface area contributed by atoms with E-state index in [9.17, 15) is 4.79 Å². The SMILES string of the molecule is CCOCC(=O)NCc1c(C)cc(C)cc1C. The second kappa shape index (κ2) is 6.40. The van der Waals surface area contributed by atoms with E-state index in [1.165, 1.54) is 22.3 Å². The van der Waals surface area contributed by atoms with Crippen LogP contribution in [0.4, 0.5) is 0 Å². The van der Waals surface area contributed by atoms with Gasteiger partial charge >= 0.3 is 0 Å². The number of rotatable bonds is 5. The second-order valence-corrected chi connectivity index (χ2v) is 4.29. The number of ether oxygens (including phenoxy) is 1. The monoisotopic (exact) mass is 235 g/mol. The van der Waals surface area contributed by atoms with Crippen LogP contribution in [0.2, 0.25) is 0 Å². The number of carbonyl (C=O) groups is 1. The summed E-state index contributed by atoms with van der Waals surface area (Å²) in [6.07, 6.45) is 0. The van der Waals surface area contributed by atoms with Gasteiger partial charge in [-0.15, -0.1) is 0 Å². The number of carbonyl (C=O) groups excluding carboxylic acids is 1. The van der Waals surface area contributed by atoms with E-state index < -0.39 is 0 Å². The normalized spacial score (nSPS) is 10.4. The Balaban J connectivity index is 2.60. The molecule has 1 aromatic rings. The van der Waals surface area contributed by atoms with Crippen LogP contribution in [0, 0.1) is 20.8 Å². The van der Waals surface area contributed by atoms with Crippen LogP contribution in [0.25, 0.3) is 0 Å². The first-order valence-corrected chi connectivity index (χ1v) is 5.95. The Morgan fingerprint density at radius 1 is 1.24 bits per heavy atom. The second-order valence-electron chi connectivity index (χ2n) is 4.29. The summed E-state index contributed by atoms with van der Waals surface area (Å²) >= 11 is 0. The van der Waals surface area contributed by atoms with Crippen molar-refractivity contribution < 1.29 is 9.53 Å². The smallest absolute Gasteiger partial charge is 0.246 e. The van der Waals surface area contributed by atoms with Gasteiger partial charge in [0.25, 0.3) is 0 Å². The highest BCUT2D eigenvalue weighted by atomic mass is 16.5. The first-order valence-electron chi connectivity index (χ1n) is 5.95. The molecule has 0 saturated carbocycles. The molecule has 0 saturated heterocycles. The Hall–Kier alpha value is -1.35. The lowest BCUT2D eigenvalue weighted by atomic mass is 10.00. The predicted molar refractivity (Wildman–Crippen MR) is 69.0 cm³/mol. The van der Waals surface area contributed by atoms with Crippen molar-refractivity contribution in [3.63, 3.8) is 0 Å². The molecule has 0 radical (unpaired) electrons. The van der Waals surface area contributed by atoms with E-state index in [4.69, 9.17) is 4.74 Å². The van der Waals surface area contributed by atoms with E-state index in [0.29, 0.717) is 13.2 Å². The van der Waals surface area contributed by atoms with Crippen LogP contribution >= 0.6 is 0 Å². The Morgan fingerprint density at radius 3 is 2.35 bits per heavy atom. The Morgan fingerprint density at radius 2 is 1.82 bits per heavy atom. The standard InChI is InChI=1S/C14H21NO2/c1-5-17-9-14(16)15-8-13-11(3)6-10(2)7-12(13)4/h6-7H,5,8-9H2,1-4H3,(H,15,16). The van der Waals surface area contributed by atoms with E-state index in [0.717, 1.165) is 0 Å². The largest absolute Gasteiger partial charge is 0.372 e. The molecule has 0 fully saturated rings. The highest BCUT2D eigenvalue weighted by molar-refractivity contribution is 5.77. The van der Waals surface area contributed by atoms with Gasteiger partial charge in [-0.05, 0) is 44.4 Å². The molecule has 0 heterocycles. The molecule has 0 aliphatic carbocycles. The van der Waals surface area contributed by atoms with Crippen molar-refractivity contribution in [3.8, 4) is 0 Å². The molecule has 17 heavy (non-hydrogen) atoms. The highest BCUT2D eigenvalue weighted by Gasteiger charge is 2.06. The summed E-state index contributed by atoms with van der Waals surface area (Å²) in [5, 5.41) is 2.87. The third kappa shape index (κ3) is 4.19. The maximum atomic E-state index is 11.4. The van der Waals surface area contributed by atoms with Crippen LogP contribution in [0.15, 0.2) is 12.1 Å². The fourth-order valence-electron chi connectivity index (χ4n) is 1.92. The quantitative estimate of drug-likeness (QED) is 0.850. The number of benzene rings is 1. The number of nitrogens with one attached hydrogen (secondary N) is 1. The molecule has 0 atom stereocenters. The van der Waals surface area contributed by atoms with Crippen molar-refractivity contribution in [3.05, 3.63) is 34.4 Å². The van der Waals surface area contributed by atoms with E-state index in [2.05, 4.69) is 38.2 Å². The number of hydrogen-bond acceptors (Lipinski definition) is 2. The van der Waals surface area contributed by atoms with Crippen LogP contribution in [-0.4, -0.2) is 19.1 Å². The number of hydrogen-bond donors (Lipinski definition) is 1. The minimum absolute atomic E-state index is 0.0637. The summed E-state index contributed by atoms with van der Waals surface area (Å²) in [6, 6.07) is 4.27. The van der Waals surface area contributed by atoms with Crippen LogP contribution in [0.3, 0.4) is 0 Å². The zero-order chi connectivity index (χ0) is 12.8. The van der Waals surface area contributed by atoms with Crippen molar-refractivity contribution in [2.24, 2.45) is 0 Å². The van der Waals surface area contributed by atoms with Crippen molar-refractivity contribution in [1.82, 2.24) is 5.32 Å². The predicted octanol–water partition coefficient (Wildman–Crippen LogP) is 2.26. The van der Waals surface area contributed by atoms with Gasteiger partial charge < -0.3 is 10.1 Å². The minimum atomic E-state index is -0.0637. The summed E-state index contributed by atoms with van der Waals surface area (Å²) < 4.78 is 5.05. The summed E-state index contributed by atoms with van der Waals surface area (Å²) in [5.41, 5.74) is 4.89. The minimum Gasteiger partial charge on any atom is -0.372 e. The molecule has 1 rings (SSSR count). The van der Waals surface area contributed by atoms with Crippen molar-refractivity contribution in [2.45, 2.75) is 34.2 Å². The molecule has 1 amide bonds. The lowest BCUT2D eigenvalue weighted by Crippen LogP contribution is -2.27. The Kier molecular flexibility index (Phi) is 5.16. The summed E-state index contributed by atoms with van der Waals surface area (Å²) in [5.74, 6) is -0.0637. The van der Waals surface area contributed by atoms with E-state index in [1.807, 2.05) is 6.92 Å². The number of amides is 1. The molecule has 94 valence electrons. The molecule has 3 nitrogen and oxygen atoms in total. The van der Waals surface area contributed by atoms with Gasteiger partial charge in [0.2, 0.25) is 5.91 Å². The summed E-state index contributed by atoms with van der Waals surface area (Å²) in [6.45, 7) is 9.38. The van der Waals surface area contributed by atoms with Gasteiger partial charge in [0, 0.05) is 13.2 Å². The molecule has 0 aromatic heterocycles. The van der Waals surface area contributed by atoms with Crippen molar-refractivity contribution in [2.75, 3.05) is 13.2 Å². The Labute approximate surface area is 103 Å². The van der Waals surface area contributed by atoms with E-state index in [-0.39, 0.29) is 12.5 Å².